The van der Waals surface area contributed by atoms with Crippen molar-refractivity contribution in [3.05, 3.63) is 36.0 Å². The fourth-order valence-electron chi connectivity index (χ4n) is 5.12. The molecule has 3 N–H and O–H groups in total. The van der Waals surface area contributed by atoms with Crippen LogP contribution in [-0.2, 0) is 9.47 Å². The normalized spacial score (nSPS) is 19.9. The van der Waals surface area contributed by atoms with Gasteiger partial charge < -0.3 is 39.5 Å². The summed E-state index contributed by atoms with van der Waals surface area (Å²) < 4.78 is 23.5. The Morgan fingerprint density at radius 1 is 1.05 bits per heavy atom. The molecule has 5 heterocycles. The summed E-state index contributed by atoms with van der Waals surface area (Å²) in [6.45, 7) is 8.28. The predicted molar refractivity (Wildman–Crippen MR) is 144 cm³/mol. The van der Waals surface area contributed by atoms with Gasteiger partial charge in [0.15, 0.2) is 11.5 Å². The lowest BCUT2D eigenvalue weighted by atomic mass is 10.1. The van der Waals surface area contributed by atoms with Crippen LogP contribution < -0.4 is 20.1 Å². The van der Waals surface area contributed by atoms with Gasteiger partial charge in [0.05, 0.1) is 37.6 Å². The molecule has 6 rings (SSSR count). The lowest BCUT2D eigenvalue weighted by Gasteiger charge is -2.40. The number of carbonyl (C=O) groups excluding carboxylic acids is 1. The van der Waals surface area contributed by atoms with Gasteiger partial charge in [0.1, 0.15) is 30.9 Å². The van der Waals surface area contributed by atoms with E-state index in [2.05, 4.69) is 27.4 Å². The Morgan fingerprint density at radius 2 is 1.89 bits per heavy atom. The summed E-state index contributed by atoms with van der Waals surface area (Å²) >= 11 is 0. The minimum Gasteiger partial charge on any atom is -0.485 e. The van der Waals surface area contributed by atoms with Crippen LogP contribution in [0.5, 0.6) is 11.5 Å². The maximum Gasteiger partial charge on any atom is 0.257 e. The van der Waals surface area contributed by atoms with E-state index >= 15 is 0 Å². The number of rotatable bonds is 7. The van der Waals surface area contributed by atoms with Gasteiger partial charge in [-0.2, -0.15) is 0 Å². The van der Waals surface area contributed by atoms with Crippen molar-refractivity contribution in [1.29, 1.82) is 0 Å². The molecule has 1 aromatic carbocycles. The zero-order chi connectivity index (χ0) is 25.9. The van der Waals surface area contributed by atoms with Gasteiger partial charge in [0, 0.05) is 49.5 Å². The first-order chi connectivity index (χ1) is 18.7. The third-order valence-corrected chi connectivity index (χ3v) is 7.06. The van der Waals surface area contributed by atoms with Crippen molar-refractivity contribution in [3.63, 3.8) is 0 Å². The number of nitrogens with zero attached hydrogens (tertiary/aromatic N) is 3. The first-order valence-electron chi connectivity index (χ1n) is 13.4. The molecule has 1 atom stereocenters. The molecule has 1 unspecified atom stereocenters. The molecule has 2 aromatic heterocycles. The second-order valence-electron chi connectivity index (χ2n) is 9.59. The summed E-state index contributed by atoms with van der Waals surface area (Å²) in [5, 5.41) is 7.89. The number of hydrogen-bond donors (Lipinski definition) is 3. The van der Waals surface area contributed by atoms with Crippen LogP contribution in [0.25, 0.3) is 11.0 Å². The molecule has 3 aliphatic rings. The van der Waals surface area contributed by atoms with Crippen LogP contribution in [0.3, 0.4) is 0 Å². The first-order valence-corrected chi connectivity index (χ1v) is 13.4. The Hall–Kier alpha value is -3.54. The molecule has 1 amide bonds. The zero-order valence-corrected chi connectivity index (χ0v) is 21.6. The van der Waals surface area contributed by atoms with Crippen molar-refractivity contribution in [3.8, 4) is 11.5 Å². The van der Waals surface area contributed by atoms with E-state index in [4.69, 9.17) is 23.9 Å². The monoisotopic (exact) mass is 522 g/mol. The second-order valence-corrected chi connectivity index (χ2v) is 9.59. The number of nitrogens with one attached hydrogen (secondary N) is 3. The van der Waals surface area contributed by atoms with Crippen molar-refractivity contribution in [2.24, 2.45) is 0 Å². The van der Waals surface area contributed by atoms with Crippen molar-refractivity contribution < 1.29 is 23.7 Å². The van der Waals surface area contributed by atoms with E-state index in [1.54, 1.807) is 6.07 Å². The van der Waals surface area contributed by atoms with Crippen LogP contribution in [-0.4, -0.2) is 97.7 Å². The minimum atomic E-state index is -0.130. The molecule has 0 bridgehead atoms. The number of aromatic amines is 1. The Bertz CT molecular complexity index is 1290. The quantitative estimate of drug-likeness (QED) is 0.431. The van der Waals surface area contributed by atoms with E-state index in [1.807, 2.05) is 29.3 Å². The topological polar surface area (TPSA) is 113 Å². The fourth-order valence-corrected chi connectivity index (χ4v) is 5.12. The Kier molecular flexibility index (Phi) is 7.21. The van der Waals surface area contributed by atoms with Crippen LogP contribution in [0.1, 0.15) is 23.7 Å². The van der Waals surface area contributed by atoms with Gasteiger partial charge in [-0.25, -0.2) is 4.98 Å². The summed E-state index contributed by atoms with van der Waals surface area (Å²) in [5.74, 6) is 1.56. The molecule has 3 aliphatic heterocycles. The predicted octanol–water partition coefficient (Wildman–Crippen LogP) is 3.03. The van der Waals surface area contributed by atoms with Gasteiger partial charge in [-0.05, 0) is 24.6 Å². The number of hydrogen-bond acceptors (Lipinski definition) is 9. The number of aromatic nitrogens is 2. The molecule has 11 heteroatoms. The molecule has 3 aromatic rings. The first kappa shape index (κ1) is 24.8. The number of amides is 1. The van der Waals surface area contributed by atoms with Gasteiger partial charge in [-0.1, -0.05) is 6.92 Å². The van der Waals surface area contributed by atoms with Crippen molar-refractivity contribution in [2.45, 2.75) is 19.6 Å². The van der Waals surface area contributed by atoms with Gasteiger partial charge in [0.25, 0.3) is 5.91 Å². The summed E-state index contributed by atoms with van der Waals surface area (Å²) in [4.78, 5) is 25.7. The smallest absolute Gasteiger partial charge is 0.257 e. The summed E-state index contributed by atoms with van der Waals surface area (Å²) in [6, 6.07) is 7.67. The molecular formula is C27H34N6O5. The fraction of sp³-hybridized carbons (Fsp3) is 0.481. The summed E-state index contributed by atoms with van der Waals surface area (Å²) in [7, 11) is 0. The lowest BCUT2D eigenvalue weighted by Crippen LogP contribution is -2.55. The van der Waals surface area contributed by atoms with E-state index in [0.29, 0.717) is 74.7 Å². The van der Waals surface area contributed by atoms with Crippen LogP contribution in [0.4, 0.5) is 17.2 Å². The third kappa shape index (κ3) is 4.96. The third-order valence-electron chi connectivity index (χ3n) is 7.06. The molecule has 0 radical (unpaired) electrons. The van der Waals surface area contributed by atoms with Crippen molar-refractivity contribution in [1.82, 2.24) is 19.8 Å². The highest BCUT2D eigenvalue weighted by Gasteiger charge is 2.33. The number of anilines is 3. The molecular weight excluding hydrogens is 488 g/mol. The average molecular weight is 523 g/mol. The van der Waals surface area contributed by atoms with Crippen LogP contribution in [0.15, 0.2) is 30.5 Å². The molecule has 38 heavy (non-hydrogen) atoms. The number of ether oxygens (including phenoxy) is 4. The molecule has 202 valence electrons. The highest BCUT2D eigenvalue weighted by atomic mass is 16.6. The molecule has 11 nitrogen and oxygen atoms in total. The highest BCUT2D eigenvalue weighted by Crippen LogP contribution is 2.42. The van der Waals surface area contributed by atoms with E-state index in [9.17, 15) is 4.79 Å². The van der Waals surface area contributed by atoms with Crippen molar-refractivity contribution >= 4 is 34.1 Å². The largest absolute Gasteiger partial charge is 0.485 e. The minimum absolute atomic E-state index is 0.0863. The highest BCUT2D eigenvalue weighted by molar-refractivity contribution is 5.99. The number of fused-ring (bicyclic) bond motifs is 2. The lowest BCUT2D eigenvalue weighted by molar-refractivity contribution is -0.127. The molecule has 2 fully saturated rings. The second kappa shape index (κ2) is 11.1. The van der Waals surface area contributed by atoms with E-state index in [1.165, 1.54) is 0 Å². The van der Waals surface area contributed by atoms with Crippen molar-refractivity contribution in [2.75, 3.05) is 76.4 Å². The zero-order valence-electron chi connectivity index (χ0n) is 21.6. The van der Waals surface area contributed by atoms with Gasteiger partial charge in [0.2, 0.25) is 0 Å². The van der Waals surface area contributed by atoms with Gasteiger partial charge >= 0.3 is 0 Å². The van der Waals surface area contributed by atoms with Gasteiger partial charge in [-0.3, -0.25) is 9.69 Å². The average Bonchev–Trinajstić information content (AvgIpc) is 3.45. The number of carbonyl (C=O) groups is 1. The van der Waals surface area contributed by atoms with Crippen LogP contribution >= 0.6 is 0 Å². The Balaban J connectivity index is 1.25. The number of benzene rings is 1. The Labute approximate surface area is 221 Å². The number of morpholine rings is 2. The standard InChI is InChI=1S/C27H34N6O5/c1-2-6-28-21-16-22(31-26-18(21)5-7-29-26)30-20-4-3-19(24-25(20)38-15-14-37-24)27(34)33-10-13-36-23(17-33)32-8-11-35-12-9-32/h3-5,7,16,23H,2,6,8-15,17H2,1H3,(H3,28,29,30,31). The van der Waals surface area contributed by atoms with Crippen LogP contribution in [0, 0.1) is 0 Å². The van der Waals surface area contributed by atoms with Crippen LogP contribution in [0.2, 0.25) is 0 Å². The van der Waals surface area contributed by atoms with E-state index in [0.717, 1.165) is 42.8 Å². The van der Waals surface area contributed by atoms with E-state index in [-0.39, 0.29) is 12.1 Å². The molecule has 0 saturated carbocycles. The maximum atomic E-state index is 13.7. The molecule has 2 saturated heterocycles. The van der Waals surface area contributed by atoms with E-state index < -0.39 is 0 Å². The summed E-state index contributed by atoms with van der Waals surface area (Å²) in [5.41, 5.74) is 2.98. The number of pyridine rings is 1. The SMILES string of the molecule is CCCNc1cc(Nc2ccc(C(=O)N3CCOC(N4CCOCC4)C3)c3c2OCCO3)nc2[nH]ccc12. The molecule has 0 spiro atoms. The summed E-state index contributed by atoms with van der Waals surface area (Å²) in [6.07, 6.45) is 2.77. The maximum absolute atomic E-state index is 13.7. The number of H-pyrrole nitrogens is 1. The Morgan fingerprint density at radius 3 is 2.74 bits per heavy atom. The molecule has 0 aliphatic carbocycles. The van der Waals surface area contributed by atoms with Gasteiger partial charge in [-0.15, -0.1) is 0 Å².